The molecule has 43 heavy (non-hydrogen) atoms. The molecule has 0 bridgehead atoms. The summed E-state index contributed by atoms with van der Waals surface area (Å²) in [6, 6.07) is 22.4. The van der Waals surface area contributed by atoms with Crippen molar-refractivity contribution < 1.29 is 37.3 Å². The van der Waals surface area contributed by atoms with Gasteiger partial charge in [0.15, 0.2) is 27.8 Å². The fourth-order valence-corrected chi connectivity index (χ4v) is 6.29. The predicted molar refractivity (Wildman–Crippen MR) is 165 cm³/mol. The average Bonchev–Trinajstić information content (AvgIpc) is 3.43. The van der Waals surface area contributed by atoms with Crippen LogP contribution in [0.4, 0.5) is 0 Å². The molecule has 1 aliphatic rings. The lowest BCUT2D eigenvalue weighted by Gasteiger charge is -2.31. The highest BCUT2D eigenvalue weighted by molar-refractivity contribution is 9.10. The number of methoxy groups -OCH3 is 2. The Bertz CT molecular complexity index is 1480. The SMILES string of the molecule is COC(CNC(=O)[C@]1(CCS(=O)(=O)c2ccccc2)N=C(c2ccc(OCCCO)cc2)O[C@@H]1c1ccc(Br)cc1)OC. The van der Waals surface area contributed by atoms with Crippen LogP contribution in [0.25, 0.3) is 0 Å². The van der Waals surface area contributed by atoms with E-state index in [0.717, 1.165) is 4.47 Å². The lowest BCUT2D eigenvalue weighted by Crippen LogP contribution is -2.51. The number of aliphatic hydroxyl groups excluding tert-OH is 1. The van der Waals surface area contributed by atoms with Gasteiger partial charge in [-0.05, 0) is 54.1 Å². The highest BCUT2D eigenvalue weighted by Gasteiger charge is 2.53. The molecule has 230 valence electrons. The molecule has 1 amide bonds. The first kappa shape index (κ1) is 32.6. The molecular formula is C31H35BrN2O8S. The van der Waals surface area contributed by atoms with Crippen molar-refractivity contribution in [2.75, 3.05) is 39.7 Å². The summed E-state index contributed by atoms with van der Waals surface area (Å²) in [4.78, 5) is 19.1. The second-order valence-corrected chi connectivity index (χ2v) is 12.9. The summed E-state index contributed by atoms with van der Waals surface area (Å²) >= 11 is 3.45. The van der Waals surface area contributed by atoms with Gasteiger partial charge in [-0.3, -0.25) is 4.79 Å². The quantitative estimate of drug-likeness (QED) is 0.182. The number of carbonyl (C=O) groups excluding carboxylic acids is 1. The Morgan fingerprint density at radius 1 is 1.05 bits per heavy atom. The number of nitrogens with one attached hydrogen (secondary N) is 1. The second-order valence-electron chi connectivity index (χ2n) is 9.83. The molecule has 0 saturated heterocycles. The minimum atomic E-state index is -3.77. The molecule has 0 aromatic heterocycles. The van der Waals surface area contributed by atoms with Crippen molar-refractivity contribution in [2.45, 2.75) is 35.7 Å². The third-order valence-electron chi connectivity index (χ3n) is 7.01. The number of sulfone groups is 1. The van der Waals surface area contributed by atoms with Gasteiger partial charge in [-0.2, -0.15) is 0 Å². The molecule has 1 aliphatic heterocycles. The number of benzene rings is 3. The molecule has 0 aliphatic carbocycles. The molecule has 0 unspecified atom stereocenters. The van der Waals surface area contributed by atoms with E-state index in [0.29, 0.717) is 29.9 Å². The zero-order chi connectivity index (χ0) is 30.9. The van der Waals surface area contributed by atoms with Crippen LogP contribution in [0.5, 0.6) is 5.75 Å². The fourth-order valence-electron chi connectivity index (χ4n) is 4.64. The van der Waals surface area contributed by atoms with Gasteiger partial charge in [0.25, 0.3) is 5.91 Å². The summed E-state index contributed by atoms with van der Waals surface area (Å²) in [7, 11) is -0.852. The van der Waals surface area contributed by atoms with E-state index >= 15 is 0 Å². The Morgan fingerprint density at radius 2 is 1.72 bits per heavy atom. The Hall–Kier alpha value is -3.29. The Morgan fingerprint density at radius 3 is 2.35 bits per heavy atom. The van der Waals surface area contributed by atoms with Gasteiger partial charge in [0.05, 0.1) is 23.8 Å². The summed E-state index contributed by atoms with van der Waals surface area (Å²) in [6.07, 6.45) is -1.31. The van der Waals surface area contributed by atoms with Gasteiger partial charge in [-0.25, -0.2) is 13.4 Å². The normalized spacial score (nSPS) is 18.3. The zero-order valence-electron chi connectivity index (χ0n) is 23.9. The van der Waals surface area contributed by atoms with Crippen molar-refractivity contribution in [3.05, 3.63) is 94.5 Å². The number of hydrogen-bond acceptors (Lipinski definition) is 9. The second kappa shape index (κ2) is 14.9. The van der Waals surface area contributed by atoms with Crippen LogP contribution in [-0.2, 0) is 28.8 Å². The van der Waals surface area contributed by atoms with E-state index in [1.54, 1.807) is 42.5 Å². The van der Waals surface area contributed by atoms with Gasteiger partial charge >= 0.3 is 0 Å². The van der Waals surface area contributed by atoms with Crippen molar-refractivity contribution in [3.63, 3.8) is 0 Å². The fraction of sp³-hybridized carbons (Fsp3) is 0.355. The van der Waals surface area contributed by atoms with E-state index in [-0.39, 0.29) is 36.1 Å². The number of rotatable bonds is 15. The van der Waals surface area contributed by atoms with E-state index in [2.05, 4.69) is 21.2 Å². The smallest absolute Gasteiger partial charge is 0.252 e. The van der Waals surface area contributed by atoms with Crippen molar-refractivity contribution in [2.24, 2.45) is 4.99 Å². The van der Waals surface area contributed by atoms with Crippen LogP contribution in [-0.4, -0.2) is 76.9 Å². The van der Waals surface area contributed by atoms with Crippen LogP contribution < -0.4 is 10.1 Å². The first-order chi connectivity index (χ1) is 20.7. The maximum atomic E-state index is 14.1. The van der Waals surface area contributed by atoms with E-state index < -0.39 is 33.7 Å². The highest BCUT2D eigenvalue weighted by Crippen LogP contribution is 2.43. The average molecular weight is 676 g/mol. The van der Waals surface area contributed by atoms with Crippen LogP contribution in [0, 0.1) is 0 Å². The topological polar surface area (TPSA) is 133 Å². The summed E-state index contributed by atoms with van der Waals surface area (Å²) in [5.74, 6) is -0.0880. The molecule has 10 nitrogen and oxygen atoms in total. The highest BCUT2D eigenvalue weighted by atomic mass is 79.9. The van der Waals surface area contributed by atoms with E-state index in [9.17, 15) is 13.2 Å². The van der Waals surface area contributed by atoms with Gasteiger partial charge in [-0.15, -0.1) is 0 Å². The van der Waals surface area contributed by atoms with Crippen LogP contribution in [0.1, 0.15) is 30.1 Å². The molecule has 4 rings (SSSR count). The molecule has 1 heterocycles. The maximum absolute atomic E-state index is 14.1. The molecule has 2 atom stereocenters. The number of amides is 1. The monoisotopic (exact) mass is 674 g/mol. The van der Waals surface area contributed by atoms with Gasteiger partial charge in [-0.1, -0.05) is 46.3 Å². The minimum Gasteiger partial charge on any atom is -0.494 e. The van der Waals surface area contributed by atoms with Crippen LogP contribution >= 0.6 is 15.9 Å². The first-order valence-electron chi connectivity index (χ1n) is 13.7. The summed E-state index contributed by atoms with van der Waals surface area (Å²) in [5.41, 5.74) is -0.412. The molecule has 2 N–H and O–H groups in total. The number of halogens is 1. The van der Waals surface area contributed by atoms with Gasteiger partial charge in [0, 0.05) is 43.7 Å². The van der Waals surface area contributed by atoms with Crippen LogP contribution in [0.15, 0.2) is 93.2 Å². The first-order valence-corrected chi connectivity index (χ1v) is 16.1. The van der Waals surface area contributed by atoms with Crippen molar-refractivity contribution in [1.29, 1.82) is 0 Å². The van der Waals surface area contributed by atoms with Crippen LogP contribution in [0.2, 0.25) is 0 Å². The minimum absolute atomic E-state index is 0.0107. The molecule has 0 saturated carbocycles. The van der Waals surface area contributed by atoms with Gasteiger partial charge in [0.1, 0.15) is 5.75 Å². The van der Waals surface area contributed by atoms with Crippen molar-refractivity contribution >= 4 is 37.6 Å². The third-order valence-corrected chi connectivity index (χ3v) is 9.27. The lowest BCUT2D eigenvalue weighted by molar-refractivity contribution is -0.134. The Labute approximate surface area is 260 Å². The number of aliphatic imine (C=N–C) groups is 1. The lowest BCUT2D eigenvalue weighted by atomic mass is 9.85. The molecular weight excluding hydrogens is 640 g/mol. The molecule has 12 heteroatoms. The summed E-state index contributed by atoms with van der Waals surface area (Å²) in [5, 5.41) is 11.9. The number of hydrogen-bond donors (Lipinski definition) is 2. The molecule has 3 aromatic rings. The number of ether oxygens (including phenoxy) is 4. The van der Waals surface area contributed by atoms with Crippen molar-refractivity contribution in [3.8, 4) is 5.75 Å². The molecule has 0 radical (unpaired) electrons. The molecule has 0 fully saturated rings. The van der Waals surface area contributed by atoms with Gasteiger partial charge in [0.2, 0.25) is 5.90 Å². The van der Waals surface area contributed by atoms with E-state index in [1.165, 1.54) is 26.4 Å². The summed E-state index contributed by atoms with van der Waals surface area (Å²) in [6.45, 7) is 0.401. The van der Waals surface area contributed by atoms with Crippen LogP contribution in [0.3, 0.4) is 0 Å². The van der Waals surface area contributed by atoms with E-state index in [1.807, 2.05) is 24.3 Å². The third kappa shape index (κ3) is 8.01. The van der Waals surface area contributed by atoms with Crippen molar-refractivity contribution in [1.82, 2.24) is 5.32 Å². The number of aliphatic hydroxyl groups is 1. The molecule has 3 aromatic carbocycles. The van der Waals surface area contributed by atoms with E-state index in [4.69, 9.17) is 29.0 Å². The Kier molecular flexibility index (Phi) is 11.3. The number of nitrogens with zero attached hydrogens (tertiary/aromatic N) is 1. The summed E-state index contributed by atoms with van der Waals surface area (Å²) < 4.78 is 50.2. The standard InChI is InChI=1S/C31H35BrN2O8S/c1-39-27(40-2)21-33-30(36)31(17-20-43(37,38)26-7-4-3-5-8-26)28(22-9-13-24(32)14-10-22)42-29(34-31)23-11-15-25(16-12-23)41-19-6-18-35/h3-5,7-16,27-28,35H,6,17-21H2,1-2H3,(H,33,36)/t28-,31-/m1/s1. The largest absolute Gasteiger partial charge is 0.494 e. The van der Waals surface area contributed by atoms with Gasteiger partial charge < -0.3 is 29.4 Å². The maximum Gasteiger partial charge on any atom is 0.252 e. The predicted octanol–water partition coefficient (Wildman–Crippen LogP) is 4.07. The zero-order valence-corrected chi connectivity index (χ0v) is 26.3. The molecule has 0 spiro atoms. The number of carbonyl (C=O) groups is 1. The Balaban J connectivity index is 1.75.